The van der Waals surface area contributed by atoms with Crippen molar-refractivity contribution in [1.29, 1.82) is 0 Å². The Kier molecular flexibility index (Phi) is 7.87. The van der Waals surface area contributed by atoms with E-state index in [1.807, 2.05) is 30.3 Å². The molecule has 0 saturated carbocycles. The Morgan fingerprint density at radius 2 is 1.60 bits per heavy atom. The molecule has 0 radical (unpaired) electrons. The van der Waals surface area contributed by atoms with Crippen molar-refractivity contribution >= 4 is 11.9 Å². The summed E-state index contributed by atoms with van der Waals surface area (Å²) in [6, 6.07) is 9.31. The van der Waals surface area contributed by atoms with E-state index in [0.29, 0.717) is 19.6 Å². The summed E-state index contributed by atoms with van der Waals surface area (Å²) in [6.07, 6.45) is 0.894. The Morgan fingerprint density at radius 1 is 0.950 bits per heavy atom. The molecular weight excluding hydrogens is 260 g/mol. The third-order valence-corrected chi connectivity index (χ3v) is 2.43. The van der Waals surface area contributed by atoms with Crippen molar-refractivity contribution < 1.29 is 23.8 Å². The van der Waals surface area contributed by atoms with Crippen LogP contribution in [0.2, 0.25) is 0 Å². The maximum atomic E-state index is 11.4. The Balaban J connectivity index is 2.01. The van der Waals surface area contributed by atoms with E-state index in [1.165, 1.54) is 0 Å². The summed E-state index contributed by atoms with van der Waals surface area (Å²) in [5.74, 6) is 0.129. The van der Waals surface area contributed by atoms with E-state index in [1.54, 1.807) is 6.92 Å². The summed E-state index contributed by atoms with van der Waals surface area (Å²) in [4.78, 5) is 22.4. The van der Waals surface area contributed by atoms with Crippen LogP contribution in [0.5, 0.6) is 5.75 Å². The van der Waals surface area contributed by atoms with Crippen molar-refractivity contribution in [2.24, 2.45) is 0 Å². The number of hydrogen-bond acceptors (Lipinski definition) is 5. The van der Waals surface area contributed by atoms with Gasteiger partial charge in [-0.25, -0.2) is 0 Å². The minimum atomic E-state index is -0.328. The SMILES string of the molecule is CCOC(=O)CCCC(=O)OCCOc1ccccc1. The smallest absolute Gasteiger partial charge is 0.305 e. The van der Waals surface area contributed by atoms with Gasteiger partial charge in [-0.05, 0) is 25.5 Å². The zero-order chi connectivity index (χ0) is 14.6. The average molecular weight is 280 g/mol. The first-order valence-corrected chi connectivity index (χ1v) is 6.71. The first kappa shape index (κ1) is 16.0. The molecule has 0 aliphatic carbocycles. The number of esters is 2. The van der Waals surface area contributed by atoms with Gasteiger partial charge in [0.25, 0.3) is 0 Å². The summed E-state index contributed by atoms with van der Waals surface area (Å²) in [6.45, 7) is 2.62. The molecule has 1 rings (SSSR count). The molecule has 0 aliphatic rings. The fourth-order valence-corrected chi connectivity index (χ4v) is 1.51. The molecule has 0 fully saturated rings. The molecule has 110 valence electrons. The van der Waals surface area contributed by atoms with Crippen molar-refractivity contribution in [1.82, 2.24) is 0 Å². The molecule has 0 atom stereocenters. The molecule has 0 amide bonds. The highest BCUT2D eigenvalue weighted by atomic mass is 16.6. The van der Waals surface area contributed by atoms with Gasteiger partial charge in [0.15, 0.2) is 0 Å². The highest BCUT2D eigenvalue weighted by molar-refractivity contribution is 5.72. The Bertz CT molecular complexity index is 402. The van der Waals surface area contributed by atoms with Gasteiger partial charge in [0.05, 0.1) is 6.61 Å². The fourth-order valence-electron chi connectivity index (χ4n) is 1.51. The Hall–Kier alpha value is -2.04. The van der Waals surface area contributed by atoms with Gasteiger partial charge in [-0.3, -0.25) is 9.59 Å². The molecule has 0 saturated heterocycles. The third-order valence-electron chi connectivity index (χ3n) is 2.43. The highest BCUT2D eigenvalue weighted by Crippen LogP contribution is 2.07. The minimum Gasteiger partial charge on any atom is -0.490 e. The summed E-state index contributed by atoms with van der Waals surface area (Å²) >= 11 is 0. The number of para-hydroxylation sites is 1. The molecule has 1 aromatic rings. The van der Waals surface area contributed by atoms with E-state index >= 15 is 0 Å². The van der Waals surface area contributed by atoms with E-state index in [4.69, 9.17) is 14.2 Å². The lowest BCUT2D eigenvalue weighted by Gasteiger charge is -2.07. The van der Waals surface area contributed by atoms with Crippen LogP contribution in [0.3, 0.4) is 0 Å². The van der Waals surface area contributed by atoms with Crippen LogP contribution in [0.1, 0.15) is 26.2 Å². The average Bonchev–Trinajstić information content (AvgIpc) is 2.45. The van der Waals surface area contributed by atoms with E-state index in [-0.39, 0.29) is 31.4 Å². The van der Waals surface area contributed by atoms with Gasteiger partial charge < -0.3 is 14.2 Å². The standard InChI is InChI=1S/C15H20O5/c1-2-18-14(16)9-6-10-15(17)20-12-11-19-13-7-4-3-5-8-13/h3-5,7-8H,2,6,9-12H2,1H3. The fraction of sp³-hybridized carbons (Fsp3) is 0.467. The topological polar surface area (TPSA) is 61.8 Å². The molecule has 5 heteroatoms. The Morgan fingerprint density at radius 3 is 2.25 bits per heavy atom. The maximum absolute atomic E-state index is 11.4. The van der Waals surface area contributed by atoms with E-state index in [2.05, 4.69) is 0 Å². The van der Waals surface area contributed by atoms with Crippen molar-refractivity contribution in [2.75, 3.05) is 19.8 Å². The summed E-state index contributed by atoms with van der Waals surface area (Å²) < 4.78 is 15.1. The van der Waals surface area contributed by atoms with Crippen LogP contribution < -0.4 is 4.74 Å². The predicted octanol–water partition coefficient (Wildman–Crippen LogP) is 2.34. The summed E-state index contributed by atoms with van der Waals surface area (Å²) in [7, 11) is 0. The van der Waals surface area contributed by atoms with Crippen LogP contribution in [0.25, 0.3) is 0 Å². The zero-order valence-corrected chi connectivity index (χ0v) is 11.7. The molecule has 0 N–H and O–H groups in total. The molecule has 0 aliphatic heterocycles. The van der Waals surface area contributed by atoms with Crippen LogP contribution in [-0.2, 0) is 19.1 Å². The molecule has 0 bridgehead atoms. The maximum Gasteiger partial charge on any atom is 0.305 e. The molecule has 0 aromatic heterocycles. The van der Waals surface area contributed by atoms with Crippen LogP contribution >= 0.6 is 0 Å². The lowest BCUT2D eigenvalue weighted by atomic mass is 10.2. The molecule has 20 heavy (non-hydrogen) atoms. The first-order valence-electron chi connectivity index (χ1n) is 6.71. The molecule has 5 nitrogen and oxygen atoms in total. The minimum absolute atomic E-state index is 0.202. The lowest BCUT2D eigenvalue weighted by molar-refractivity contribution is -0.145. The van der Waals surface area contributed by atoms with E-state index < -0.39 is 0 Å². The second-order valence-electron chi connectivity index (χ2n) is 4.04. The quantitative estimate of drug-likeness (QED) is 0.513. The second kappa shape index (κ2) is 9.83. The Labute approximate surface area is 118 Å². The second-order valence-corrected chi connectivity index (χ2v) is 4.04. The molecule has 1 aromatic carbocycles. The van der Waals surface area contributed by atoms with Crippen LogP contribution in [0.4, 0.5) is 0 Å². The monoisotopic (exact) mass is 280 g/mol. The number of carbonyl (C=O) groups excluding carboxylic acids is 2. The number of benzene rings is 1. The van der Waals surface area contributed by atoms with Gasteiger partial charge in [-0.15, -0.1) is 0 Å². The van der Waals surface area contributed by atoms with Gasteiger partial charge in [0.1, 0.15) is 19.0 Å². The van der Waals surface area contributed by atoms with Crippen molar-refractivity contribution in [3.05, 3.63) is 30.3 Å². The largest absolute Gasteiger partial charge is 0.490 e. The van der Waals surface area contributed by atoms with E-state index in [9.17, 15) is 9.59 Å². The summed E-state index contributed by atoms with van der Waals surface area (Å²) in [5, 5.41) is 0. The van der Waals surface area contributed by atoms with Crippen molar-refractivity contribution in [2.45, 2.75) is 26.2 Å². The highest BCUT2D eigenvalue weighted by Gasteiger charge is 2.06. The van der Waals surface area contributed by atoms with Gasteiger partial charge in [-0.1, -0.05) is 18.2 Å². The van der Waals surface area contributed by atoms with Crippen molar-refractivity contribution in [3.8, 4) is 5.75 Å². The third kappa shape index (κ3) is 7.41. The summed E-state index contributed by atoms with van der Waals surface area (Å²) in [5.41, 5.74) is 0. The molecule has 0 heterocycles. The van der Waals surface area contributed by atoms with Crippen LogP contribution in [0, 0.1) is 0 Å². The van der Waals surface area contributed by atoms with Gasteiger partial charge >= 0.3 is 11.9 Å². The first-order chi connectivity index (χ1) is 9.72. The number of ether oxygens (including phenoxy) is 3. The molecular formula is C15H20O5. The van der Waals surface area contributed by atoms with E-state index in [0.717, 1.165) is 5.75 Å². The number of hydrogen-bond donors (Lipinski definition) is 0. The number of carbonyl (C=O) groups is 2. The van der Waals surface area contributed by atoms with Gasteiger partial charge in [0, 0.05) is 12.8 Å². The van der Waals surface area contributed by atoms with Gasteiger partial charge in [0.2, 0.25) is 0 Å². The number of rotatable bonds is 9. The molecule has 0 unspecified atom stereocenters. The lowest BCUT2D eigenvalue weighted by Crippen LogP contribution is -2.12. The van der Waals surface area contributed by atoms with Crippen molar-refractivity contribution in [3.63, 3.8) is 0 Å². The van der Waals surface area contributed by atoms with Crippen LogP contribution in [-0.4, -0.2) is 31.8 Å². The predicted molar refractivity (Wildman–Crippen MR) is 73.4 cm³/mol. The molecule has 0 spiro atoms. The van der Waals surface area contributed by atoms with Gasteiger partial charge in [-0.2, -0.15) is 0 Å². The zero-order valence-electron chi connectivity index (χ0n) is 11.7. The van der Waals surface area contributed by atoms with Crippen LogP contribution in [0.15, 0.2) is 30.3 Å². The normalized spacial score (nSPS) is 9.85.